The molecule has 1 aromatic heterocycles. The maximum Gasteiger partial charge on any atom is 0.263 e. The molecule has 2 heterocycles. The first-order valence-electron chi connectivity index (χ1n) is 4.57. The number of nitrogens with one attached hydrogen (secondary N) is 2. The van der Waals surface area contributed by atoms with E-state index in [9.17, 15) is 9.59 Å². The Morgan fingerprint density at radius 1 is 1.31 bits per heavy atom. The van der Waals surface area contributed by atoms with Crippen molar-refractivity contribution in [2.75, 3.05) is 0 Å². The summed E-state index contributed by atoms with van der Waals surface area (Å²) in [6, 6.07) is 3.64. The minimum absolute atomic E-state index is 0.0408. The van der Waals surface area contributed by atoms with Crippen molar-refractivity contribution in [2.45, 2.75) is 0 Å². The van der Waals surface area contributed by atoms with E-state index in [1.165, 1.54) is 6.08 Å². The highest BCUT2D eigenvalue weighted by molar-refractivity contribution is 7.80. The molecule has 2 rings (SSSR count). The molecule has 82 valence electrons. The van der Waals surface area contributed by atoms with Crippen LogP contribution in [0.3, 0.4) is 0 Å². The van der Waals surface area contributed by atoms with Gasteiger partial charge in [-0.05, 0) is 30.4 Å². The van der Waals surface area contributed by atoms with Crippen LogP contribution in [-0.4, -0.2) is 21.5 Å². The van der Waals surface area contributed by atoms with Gasteiger partial charge in [0.05, 0.1) is 0 Å². The molecule has 2 amide bonds. The molecule has 0 aromatic carbocycles. The lowest BCUT2D eigenvalue weighted by atomic mass is 10.1. The van der Waals surface area contributed by atoms with E-state index in [1.54, 1.807) is 10.6 Å². The zero-order valence-corrected chi connectivity index (χ0v) is 9.30. The molecule has 5 nitrogen and oxygen atoms in total. The largest absolute Gasteiger partial charge is 0.351 e. The number of hydrogen-bond acceptors (Lipinski definition) is 3. The highest BCUT2D eigenvalue weighted by Crippen LogP contribution is 2.09. The van der Waals surface area contributed by atoms with Gasteiger partial charge in [-0.1, -0.05) is 0 Å². The second-order valence-corrected chi connectivity index (χ2v) is 3.75. The molecule has 1 aliphatic rings. The number of hydrogen-bond donors (Lipinski definition) is 2. The Hall–Kier alpha value is -1.95. The van der Waals surface area contributed by atoms with Crippen LogP contribution in [0.1, 0.15) is 5.69 Å². The summed E-state index contributed by atoms with van der Waals surface area (Å²) in [5, 5.41) is 4.79. The summed E-state index contributed by atoms with van der Waals surface area (Å²) in [5.74, 6) is -0.954. The van der Waals surface area contributed by atoms with Crippen molar-refractivity contribution in [2.24, 2.45) is 7.05 Å². The number of carbonyl (C=O) groups is 2. The van der Waals surface area contributed by atoms with Crippen LogP contribution in [0.5, 0.6) is 0 Å². The molecule has 1 fully saturated rings. The van der Waals surface area contributed by atoms with E-state index in [1.807, 2.05) is 19.3 Å². The van der Waals surface area contributed by atoms with Gasteiger partial charge < -0.3 is 4.57 Å². The van der Waals surface area contributed by atoms with Gasteiger partial charge in [0.1, 0.15) is 5.57 Å². The molecule has 0 aliphatic carbocycles. The van der Waals surface area contributed by atoms with E-state index in [0.717, 1.165) is 5.69 Å². The van der Waals surface area contributed by atoms with Crippen molar-refractivity contribution in [1.82, 2.24) is 15.2 Å². The van der Waals surface area contributed by atoms with Crippen LogP contribution >= 0.6 is 12.2 Å². The molecule has 2 N–H and O–H groups in total. The average molecular weight is 235 g/mol. The summed E-state index contributed by atoms with van der Waals surface area (Å²) >= 11 is 4.69. The van der Waals surface area contributed by atoms with Gasteiger partial charge in [-0.3, -0.25) is 20.2 Å². The van der Waals surface area contributed by atoms with E-state index in [4.69, 9.17) is 12.2 Å². The van der Waals surface area contributed by atoms with Crippen molar-refractivity contribution in [1.29, 1.82) is 0 Å². The zero-order chi connectivity index (χ0) is 11.7. The monoisotopic (exact) mass is 235 g/mol. The number of amides is 2. The smallest absolute Gasteiger partial charge is 0.263 e. The summed E-state index contributed by atoms with van der Waals surface area (Å²) in [6.45, 7) is 0. The number of rotatable bonds is 1. The van der Waals surface area contributed by atoms with Crippen molar-refractivity contribution < 1.29 is 9.59 Å². The Labute approximate surface area is 97.1 Å². The molecule has 0 saturated carbocycles. The molecule has 0 bridgehead atoms. The number of thiocarbonyl (C=S) groups is 1. The Bertz CT molecular complexity index is 494. The van der Waals surface area contributed by atoms with Crippen LogP contribution in [0, 0.1) is 0 Å². The van der Waals surface area contributed by atoms with E-state index in [-0.39, 0.29) is 10.7 Å². The SMILES string of the molecule is Cn1cccc1C=C1C(=O)NC(=S)NC1=O. The number of aryl methyl sites for hydroxylation is 1. The van der Waals surface area contributed by atoms with E-state index in [0.29, 0.717) is 0 Å². The van der Waals surface area contributed by atoms with Crippen LogP contribution in [-0.2, 0) is 16.6 Å². The first-order chi connectivity index (χ1) is 7.58. The predicted molar refractivity (Wildman–Crippen MR) is 62.3 cm³/mol. The molecular weight excluding hydrogens is 226 g/mol. The van der Waals surface area contributed by atoms with Crippen LogP contribution in [0.15, 0.2) is 23.9 Å². The van der Waals surface area contributed by atoms with Crippen molar-refractivity contribution in [3.63, 3.8) is 0 Å². The molecule has 16 heavy (non-hydrogen) atoms. The molecule has 0 unspecified atom stereocenters. The maximum atomic E-state index is 11.5. The zero-order valence-electron chi connectivity index (χ0n) is 8.48. The van der Waals surface area contributed by atoms with Crippen molar-refractivity contribution in [3.05, 3.63) is 29.6 Å². The number of nitrogens with zero attached hydrogens (tertiary/aromatic N) is 1. The molecule has 0 atom stereocenters. The van der Waals surface area contributed by atoms with Crippen molar-refractivity contribution in [3.8, 4) is 0 Å². The van der Waals surface area contributed by atoms with Crippen LogP contribution in [0.2, 0.25) is 0 Å². The lowest BCUT2D eigenvalue weighted by molar-refractivity contribution is -0.123. The van der Waals surface area contributed by atoms with Gasteiger partial charge in [0.25, 0.3) is 11.8 Å². The van der Waals surface area contributed by atoms with Crippen LogP contribution in [0.25, 0.3) is 6.08 Å². The highest BCUT2D eigenvalue weighted by Gasteiger charge is 2.25. The average Bonchev–Trinajstić information content (AvgIpc) is 2.57. The third kappa shape index (κ3) is 1.87. The minimum Gasteiger partial charge on any atom is -0.351 e. The molecule has 0 radical (unpaired) electrons. The Kier molecular flexibility index (Phi) is 2.57. The predicted octanol–water partition coefficient (Wildman–Crippen LogP) is -0.0606. The Morgan fingerprint density at radius 2 is 1.94 bits per heavy atom. The minimum atomic E-state index is -0.477. The summed E-state index contributed by atoms with van der Waals surface area (Å²) in [5.41, 5.74) is 0.823. The second kappa shape index (κ2) is 3.90. The van der Waals surface area contributed by atoms with Gasteiger partial charge in [-0.15, -0.1) is 0 Å². The second-order valence-electron chi connectivity index (χ2n) is 3.34. The standard InChI is InChI=1S/C10H9N3O2S/c1-13-4-2-3-6(13)5-7-8(14)11-10(16)12-9(7)15/h2-5H,1H3,(H2,11,12,14,15,16). The third-order valence-corrected chi connectivity index (χ3v) is 2.42. The van der Waals surface area contributed by atoms with E-state index >= 15 is 0 Å². The fourth-order valence-corrected chi connectivity index (χ4v) is 1.56. The molecule has 1 aromatic rings. The maximum absolute atomic E-state index is 11.5. The summed E-state index contributed by atoms with van der Waals surface area (Å²) in [6.07, 6.45) is 3.35. The van der Waals surface area contributed by atoms with Gasteiger partial charge in [-0.2, -0.15) is 0 Å². The first kappa shape index (κ1) is 10.6. The number of carbonyl (C=O) groups excluding carboxylic acids is 2. The lowest BCUT2D eigenvalue weighted by Crippen LogP contribution is -2.51. The molecular formula is C10H9N3O2S. The third-order valence-electron chi connectivity index (χ3n) is 2.22. The van der Waals surface area contributed by atoms with Gasteiger partial charge in [-0.25, -0.2) is 0 Å². The normalized spacial score (nSPS) is 15.8. The molecule has 0 spiro atoms. The van der Waals surface area contributed by atoms with E-state index in [2.05, 4.69) is 10.6 Å². The van der Waals surface area contributed by atoms with Crippen LogP contribution < -0.4 is 10.6 Å². The molecule has 6 heteroatoms. The van der Waals surface area contributed by atoms with E-state index < -0.39 is 11.8 Å². The molecule has 1 aliphatic heterocycles. The van der Waals surface area contributed by atoms with Crippen molar-refractivity contribution >= 4 is 35.2 Å². The highest BCUT2D eigenvalue weighted by atomic mass is 32.1. The number of aromatic nitrogens is 1. The summed E-state index contributed by atoms with van der Waals surface area (Å²) in [7, 11) is 1.83. The Morgan fingerprint density at radius 3 is 2.44 bits per heavy atom. The fraction of sp³-hybridized carbons (Fsp3) is 0.100. The Balaban J connectivity index is 2.37. The quantitative estimate of drug-likeness (QED) is 0.407. The van der Waals surface area contributed by atoms with Crippen LogP contribution in [0.4, 0.5) is 0 Å². The lowest BCUT2D eigenvalue weighted by Gasteiger charge is -2.16. The summed E-state index contributed by atoms with van der Waals surface area (Å²) in [4.78, 5) is 23.0. The van der Waals surface area contributed by atoms with Gasteiger partial charge in [0, 0.05) is 18.9 Å². The van der Waals surface area contributed by atoms with Gasteiger partial charge in [0.15, 0.2) is 5.11 Å². The van der Waals surface area contributed by atoms with Gasteiger partial charge >= 0.3 is 0 Å². The fourth-order valence-electron chi connectivity index (χ4n) is 1.38. The molecule has 1 saturated heterocycles. The topological polar surface area (TPSA) is 63.1 Å². The van der Waals surface area contributed by atoms with Gasteiger partial charge in [0.2, 0.25) is 0 Å². The summed E-state index contributed by atoms with van der Waals surface area (Å²) < 4.78 is 1.81. The first-order valence-corrected chi connectivity index (χ1v) is 4.98.